The normalized spacial score (nSPS) is 16.8. The first-order chi connectivity index (χ1) is 16.1. The molecule has 0 aromatic heterocycles. The lowest BCUT2D eigenvalue weighted by molar-refractivity contribution is -0.141. The van der Waals surface area contributed by atoms with Crippen LogP contribution in [0.1, 0.15) is 42.5 Å². The molecule has 2 heterocycles. The van der Waals surface area contributed by atoms with Gasteiger partial charge in [-0.2, -0.15) is 0 Å². The third kappa shape index (κ3) is 6.12. The number of hydrogen-bond acceptors (Lipinski definition) is 4. The molecule has 3 amide bonds. The monoisotopic (exact) mass is 449 g/mol. The molecule has 7 nitrogen and oxygen atoms in total. The van der Waals surface area contributed by atoms with Crippen molar-refractivity contribution in [3.05, 3.63) is 60.2 Å². The highest BCUT2D eigenvalue weighted by atomic mass is 16.5. The van der Waals surface area contributed by atoms with Gasteiger partial charge >= 0.3 is 0 Å². The first-order valence-corrected chi connectivity index (χ1v) is 11.8. The van der Waals surface area contributed by atoms with Gasteiger partial charge in [-0.3, -0.25) is 14.4 Å². The summed E-state index contributed by atoms with van der Waals surface area (Å²) < 4.78 is 5.74. The second-order valence-electron chi connectivity index (χ2n) is 8.66. The number of carbonyl (C=O) groups excluding carboxylic acids is 3. The van der Waals surface area contributed by atoms with Crippen molar-refractivity contribution in [1.82, 2.24) is 15.1 Å². The fourth-order valence-electron chi connectivity index (χ4n) is 4.42. The Morgan fingerprint density at radius 1 is 0.788 bits per heavy atom. The van der Waals surface area contributed by atoms with Gasteiger partial charge in [0, 0.05) is 37.7 Å². The fraction of sp³-hybridized carbons (Fsp3) is 0.423. The van der Waals surface area contributed by atoms with Crippen LogP contribution in [0.2, 0.25) is 0 Å². The van der Waals surface area contributed by atoms with Crippen LogP contribution in [0.4, 0.5) is 0 Å². The molecule has 2 aliphatic heterocycles. The minimum atomic E-state index is -0.301. The Bertz CT molecular complexity index is 947. The van der Waals surface area contributed by atoms with Crippen LogP contribution in [-0.4, -0.2) is 60.2 Å². The van der Waals surface area contributed by atoms with Crippen molar-refractivity contribution in [2.24, 2.45) is 5.92 Å². The van der Waals surface area contributed by atoms with Gasteiger partial charge < -0.3 is 19.9 Å². The quantitative estimate of drug-likeness (QED) is 0.733. The van der Waals surface area contributed by atoms with Crippen LogP contribution in [0, 0.1) is 5.92 Å². The molecule has 0 bridgehead atoms. The minimum absolute atomic E-state index is 0.0124. The van der Waals surface area contributed by atoms with Gasteiger partial charge in [-0.05, 0) is 68.5 Å². The third-order valence-electron chi connectivity index (χ3n) is 6.36. The number of hydrogen-bond donors (Lipinski definition) is 1. The van der Waals surface area contributed by atoms with E-state index in [0.29, 0.717) is 37.2 Å². The van der Waals surface area contributed by atoms with E-state index in [1.54, 1.807) is 29.2 Å². The molecule has 0 aliphatic carbocycles. The first-order valence-electron chi connectivity index (χ1n) is 11.8. The van der Waals surface area contributed by atoms with E-state index >= 15 is 0 Å². The smallest absolute Gasteiger partial charge is 0.251 e. The summed E-state index contributed by atoms with van der Waals surface area (Å²) in [6.07, 6.45) is 4.76. The number of piperidine rings is 2. The minimum Gasteiger partial charge on any atom is -0.457 e. The van der Waals surface area contributed by atoms with Crippen molar-refractivity contribution in [3.8, 4) is 11.5 Å². The Morgan fingerprint density at radius 2 is 1.42 bits per heavy atom. The maximum Gasteiger partial charge on any atom is 0.251 e. The highest BCUT2D eigenvalue weighted by molar-refractivity contribution is 5.96. The number of benzene rings is 2. The molecule has 174 valence electrons. The number of amides is 3. The SMILES string of the molecule is O=C(NCC(=O)N1CCC(C(=O)N2CCCCC2)CC1)c1ccc(Oc2ccccc2)cc1. The van der Waals surface area contributed by atoms with Gasteiger partial charge in [-0.1, -0.05) is 18.2 Å². The van der Waals surface area contributed by atoms with E-state index in [9.17, 15) is 14.4 Å². The molecule has 1 N–H and O–H groups in total. The standard InChI is InChI=1S/C26H31N3O4/c30-24(28-17-13-21(14-18-28)26(32)29-15-5-2-6-16-29)19-27-25(31)20-9-11-23(12-10-20)33-22-7-3-1-4-8-22/h1,3-4,7-12,21H,2,5-6,13-19H2,(H,27,31). The van der Waals surface area contributed by atoms with E-state index in [2.05, 4.69) is 5.32 Å². The van der Waals surface area contributed by atoms with Crippen molar-refractivity contribution in [2.75, 3.05) is 32.7 Å². The van der Waals surface area contributed by atoms with Gasteiger partial charge in [-0.25, -0.2) is 0 Å². The first kappa shape index (κ1) is 22.8. The summed E-state index contributed by atoms with van der Waals surface area (Å²) in [5.41, 5.74) is 0.467. The van der Waals surface area contributed by atoms with E-state index in [1.165, 1.54) is 6.42 Å². The zero-order valence-electron chi connectivity index (χ0n) is 18.9. The molecule has 0 radical (unpaired) electrons. The summed E-state index contributed by atoms with van der Waals surface area (Å²) in [4.78, 5) is 41.4. The lowest BCUT2D eigenvalue weighted by atomic mass is 9.94. The van der Waals surface area contributed by atoms with Gasteiger partial charge in [0.1, 0.15) is 11.5 Å². The van der Waals surface area contributed by atoms with Gasteiger partial charge in [0.2, 0.25) is 11.8 Å². The lowest BCUT2D eigenvalue weighted by Crippen LogP contribution is -2.47. The average molecular weight is 450 g/mol. The summed E-state index contributed by atoms with van der Waals surface area (Å²) in [5, 5.41) is 2.70. The summed E-state index contributed by atoms with van der Waals surface area (Å²) in [5.74, 6) is 1.20. The molecule has 0 spiro atoms. The number of rotatable bonds is 6. The predicted octanol–water partition coefficient (Wildman–Crippen LogP) is 3.46. The molecule has 2 fully saturated rings. The number of nitrogens with one attached hydrogen (secondary N) is 1. The Balaban J connectivity index is 1.20. The molecule has 2 aliphatic rings. The molecular formula is C26H31N3O4. The van der Waals surface area contributed by atoms with E-state index in [1.807, 2.05) is 35.2 Å². The Morgan fingerprint density at radius 3 is 2.09 bits per heavy atom. The van der Waals surface area contributed by atoms with Crippen LogP contribution >= 0.6 is 0 Å². The molecule has 0 atom stereocenters. The van der Waals surface area contributed by atoms with Crippen molar-refractivity contribution < 1.29 is 19.1 Å². The zero-order valence-corrected chi connectivity index (χ0v) is 18.9. The van der Waals surface area contributed by atoms with Crippen molar-refractivity contribution >= 4 is 17.7 Å². The number of likely N-dealkylation sites (tertiary alicyclic amines) is 2. The van der Waals surface area contributed by atoms with Crippen LogP contribution in [0.3, 0.4) is 0 Å². The van der Waals surface area contributed by atoms with Crippen molar-refractivity contribution in [1.29, 1.82) is 0 Å². The van der Waals surface area contributed by atoms with Gasteiger partial charge in [-0.15, -0.1) is 0 Å². The number of para-hydroxylation sites is 1. The van der Waals surface area contributed by atoms with E-state index in [4.69, 9.17) is 4.74 Å². The number of nitrogens with zero attached hydrogens (tertiary/aromatic N) is 2. The Labute approximate surface area is 194 Å². The maximum absolute atomic E-state index is 12.7. The van der Waals surface area contributed by atoms with Crippen LogP contribution in [-0.2, 0) is 9.59 Å². The molecule has 2 saturated heterocycles. The van der Waals surface area contributed by atoms with E-state index in [-0.39, 0.29) is 30.2 Å². The molecule has 7 heteroatoms. The molecule has 2 aromatic rings. The van der Waals surface area contributed by atoms with Gasteiger partial charge in [0.15, 0.2) is 0 Å². The fourth-order valence-corrected chi connectivity index (χ4v) is 4.42. The number of carbonyl (C=O) groups is 3. The highest BCUT2D eigenvalue weighted by Gasteiger charge is 2.30. The topological polar surface area (TPSA) is 79.0 Å². The molecule has 0 unspecified atom stereocenters. The molecule has 33 heavy (non-hydrogen) atoms. The summed E-state index contributed by atoms with van der Waals surface area (Å²) in [6, 6.07) is 16.2. The van der Waals surface area contributed by atoms with Crippen LogP contribution in [0.25, 0.3) is 0 Å². The highest BCUT2D eigenvalue weighted by Crippen LogP contribution is 2.23. The number of ether oxygens (including phenoxy) is 1. The maximum atomic E-state index is 12.7. The van der Waals surface area contributed by atoms with Crippen LogP contribution < -0.4 is 10.1 Å². The van der Waals surface area contributed by atoms with Gasteiger partial charge in [0.05, 0.1) is 6.54 Å². The van der Waals surface area contributed by atoms with Crippen LogP contribution in [0.15, 0.2) is 54.6 Å². The molecule has 2 aromatic carbocycles. The molecule has 4 rings (SSSR count). The Kier molecular flexibility index (Phi) is 7.60. The molecule has 0 saturated carbocycles. The predicted molar refractivity (Wildman–Crippen MR) is 125 cm³/mol. The summed E-state index contributed by atoms with van der Waals surface area (Å²) in [7, 11) is 0. The van der Waals surface area contributed by atoms with Crippen molar-refractivity contribution in [3.63, 3.8) is 0 Å². The summed E-state index contributed by atoms with van der Waals surface area (Å²) >= 11 is 0. The van der Waals surface area contributed by atoms with Gasteiger partial charge in [0.25, 0.3) is 5.91 Å². The largest absolute Gasteiger partial charge is 0.457 e. The average Bonchev–Trinajstić information content (AvgIpc) is 2.88. The van der Waals surface area contributed by atoms with E-state index < -0.39 is 0 Å². The molecular weight excluding hydrogens is 418 g/mol. The lowest BCUT2D eigenvalue weighted by Gasteiger charge is -2.35. The Hall–Kier alpha value is -3.35. The summed E-state index contributed by atoms with van der Waals surface area (Å²) in [6.45, 7) is 2.80. The zero-order chi connectivity index (χ0) is 23.0. The van der Waals surface area contributed by atoms with Crippen molar-refractivity contribution in [2.45, 2.75) is 32.1 Å². The van der Waals surface area contributed by atoms with Crippen LogP contribution in [0.5, 0.6) is 11.5 Å². The van der Waals surface area contributed by atoms with E-state index in [0.717, 1.165) is 31.7 Å². The second kappa shape index (κ2) is 11.0. The third-order valence-corrected chi connectivity index (χ3v) is 6.36. The second-order valence-corrected chi connectivity index (χ2v) is 8.66.